The molecular weight excluding hydrogens is 544 g/mol. The molecule has 4 aliphatic heterocycles. The zero-order valence-electron chi connectivity index (χ0n) is 21.1. The van der Waals surface area contributed by atoms with Crippen LogP contribution in [0.4, 0.5) is 0 Å². The van der Waals surface area contributed by atoms with Crippen molar-refractivity contribution in [3.05, 3.63) is 41.7 Å². The van der Waals surface area contributed by atoms with Gasteiger partial charge in [0.1, 0.15) is 6.23 Å². The Morgan fingerprint density at radius 3 is 2.82 bits per heavy atom. The topological polar surface area (TPSA) is 179 Å². The molecule has 1 aromatic carbocycles. The fourth-order valence-corrected chi connectivity index (χ4v) is 8.14. The molecule has 0 aliphatic carbocycles. The highest BCUT2D eigenvalue weighted by Crippen LogP contribution is 2.38. The molecule has 1 aromatic heterocycles. The molecule has 210 valence electrons. The van der Waals surface area contributed by atoms with Crippen LogP contribution in [-0.4, -0.2) is 85.4 Å². The van der Waals surface area contributed by atoms with E-state index in [0.717, 1.165) is 30.4 Å². The Morgan fingerprint density at radius 2 is 1.95 bits per heavy atom. The second-order valence-corrected chi connectivity index (χ2v) is 13.3. The summed E-state index contributed by atoms with van der Waals surface area (Å²) >= 11 is 1.59. The van der Waals surface area contributed by atoms with Crippen molar-refractivity contribution < 1.29 is 23.1 Å². The number of carbonyl (C=O) groups excluding carboxylic acids is 2. The summed E-state index contributed by atoms with van der Waals surface area (Å²) in [6, 6.07) is 4.84. The molecule has 0 saturated carbocycles. The minimum absolute atomic E-state index is 0.000637. The van der Waals surface area contributed by atoms with Gasteiger partial charge in [-0.1, -0.05) is 17.8 Å². The summed E-state index contributed by atoms with van der Waals surface area (Å²) in [5, 5.41) is 23.3. The number of fused-ring (bicyclic) bond motifs is 9. The maximum absolute atomic E-state index is 13.2. The number of hydrogen-bond donors (Lipinski definition) is 7. The molecule has 13 nitrogen and oxygen atoms in total. The van der Waals surface area contributed by atoms with Crippen LogP contribution >= 0.6 is 11.8 Å². The maximum atomic E-state index is 13.2. The number of nitrogens with zero attached hydrogens (tertiary/aromatic N) is 2. The Labute approximate surface area is 230 Å². The lowest BCUT2D eigenvalue weighted by atomic mass is 9.88. The van der Waals surface area contributed by atoms with Crippen molar-refractivity contribution in [1.29, 1.82) is 0 Å². The Hall–Kier alpha value is -2.69. The first kappa shape index (κ1) is 26.5. The van der Waals surface area contributed by atoms with Gasteiger partial charge in [-0.25, -0.2) is 22.8 Å². The number of aromatic nitrogens is 2. The lowest BCUT2D eigenvalue weighted by Gasteiger charge is -2.37. The number of carbonyl (C=O) groups is 2. The SMILES string of the molecule is O=C1CNC(=O)c2cccc(c2)S(=O)(=O)NC2CC(CNC2O)C2Nn3c(cnc3S2)C2CNCC(CN1)C2. The van der Waals surface area contributed by atoms with Crippen molar-refractivity contribution in [3.63, 3.8) is 0 Å². The molecule has 7 N–H and O–H groups in total. The van der Waals surface area contributed by atoms with E-state index in [4.69, 9.17) is 0 Å². The molecule has 2 saturated heterocycles. The van der Waals surface area contributed by atoms with Crippen molar-refractivity contribution in [1.82, 2.24) is 35.6 Å². The number of amides is 2. The van der Waals surface area contributed by atoms with Crippen molar-refractivity contribution in [2.24, 2.45) is 11.8 Å². The zero-order chi connectivity index (χ0) is 27.1. The van der Waals surface area contributed by atoms with E-state index in [1.54, 1.807) is 11.8 Å². The average Bonchev–Trinajstić information content (AvgIpc) is 3.53. The van der Waals surface area contributed by atoms with Gasteiger partial charge in [-0.3, -0.25) is 14.9 Å². The predicted octanol–water partition coefficient (Wildman–Crippen LogP) is -1.31. The van der Waals surface area contributed by atoms with E-state index in [-0.39, 0.29) is 46.0 Å². The van der Waals surface area contributed by atoms with Gasteiger partial charge in [0.2, 0.25) is 15.9 Å². The number of rotatable bonds is 0. The molecule has 39 heavy (non-hydrogen) atoms. The predicted molar refractivity (Wildman–Crippen MR) is 143 cm³/mol. The quantitative estimate of drug-likeness (QED) is 0.199. The summed E-state index contributed by atoms with van der Waals surface area (Å²) < 4.78 is 31.1. The van der Waals surface area contributed by atoms with E-state index in [0.29, 0.717) is 19.5 Å². The van der Waals surface area contributed by atoms with Crippen LogP contribution in [0.15, 0.2) is 40.5 Å². The van der Waals surface area contributed by atoms with Gasteiger partial charge in [-0.2, -0.15) is 0 Å². The third-order valence-corrected chi connectivity index (χ3v) is 10.5. The van der Waals surface area contributed by atoms with E-state index in [9.17, 15) is 23.1 Å². The van der Waals surface area contributed by atoms with Gasteiger partial charge >= 0.3 is 0 Å². The highest BCUT2D eigenvalue weighted by atomic mass is 32.2. The Morgan fingerprint density at radius 1 is 1.08 bits per heavy atom. The van der Waals surface area contributed by atoms with Gasteiger partial charge in [-0.15, -0.1) is 0 Å². The Bertz CT molecular complexity index is 1370. The van der Waals surface area contributed by atoms with Crippen LogP contribution < -0.4 is 31.4 Å². The minimum Gasteiger partial charge on any atom is -0.377 e. The van der Waals surface area contributed by atoms with Crippen LogP contribution in [0.25, 0.3) is 0 Å². The molecule has 2 amide bonds. The van der Waals surface area contributed by atoms with Crippen LogP contribution in [0, 0.1) is 11.8 Å². The second-order valence-electron chi connectivity index (χ2n) is 10.5. The van der Waals surface area contributed by atoms with Gasteiger partial charge in [0.25, 0.3) is 5.91 Å². The van der Waals surface area contributed by atoms with Crippen LogP contribution in [0.2, 0.25) is 0 Å². The van der Waals surface area contributed by atoms with Crippen molar-refractivity contribution in [2.45, 2.75) is 46.5 Å². The highest BCUT2D eigenvalue weighted by molar-refractivity contribution is 8.00. The number of sulfonamides is 1. The fraction of sp³-hybridized carbons (Fsp3) is 0.542. The second kappa shape index (κ2) is 10.7. The number of benzene rings is 1. The number of hydrogen-bond acceptors (Lipinski definition) is 10. The molecule has 2 fully saturated rings. The number of thioether (sulfide) groups is 1. The summed E-state index contributed by atoms with van der Waals surface area (Å²) in [4.78, 5) is 29.7. The number of imidazole rings is 1. The zero-order valence-corrected chi connectivity index (χ0v) is 22.7. The van der Waals surface area contributed by atoms with Crippen molar-refractivity contribution in [3.8, 4) is 0 Å². The normalized spacial score (nSPS) is 32.7. The fourth-order valence-electron chi connectivity index (χ4n) is 5.68. The molecular formula is C24H32N8O5S2. The van der Waals surface area contributed by atoms with Gasteiger partial charge in [-0.05, 0) is 43.5 Å². The Balaban J connectivity index is 1.28. The molecule has 8 bridgehead atoms. The number of aliphatic hydroxyl groups excluding tert-OH is 1. The third kappa shape index (κ3) is 5.51. The third-order valence-electron chi connectivity index (χ3n) is 7.77. The molecule has 6 atom stereocenters. The van der Waals surface area contributed by atoms with Crippen molar-refractivity contribution in [2.75, 3.05) is 38.1 Å². The first-order chi connectivity index (χ1) is 18.8. The molecule has 6 unspecified atom stereocenters. The van der Waals surface area contributed by atoms with E-state index >= 15 is 0 Å². The first-order valence-electron chi connectivity index (χ1n) is 13.1. The first-order valence-corrected chi connectivity index (χ1v) is 15.4. The molecule has 0 radical (unpaired) electrons. The van der Waals surface area contributed by atoms with E-state index in [1.165, 1.54) is 24.3 Å². The van der Waals surface area contributed by atoms with E-state index in [1.807, 2.05) is 10.9 Å². The Kier molecular flexibility index (Phi) is 7.28. The van der Waals surface area contributed by atoms with Gasteiger partial charge < -0.3 is 26.5 Å². The standard InChI is InChI=1S/C24H32N8O5S2/c33-20-12-28-21(34)14-2-1-3-17(5-14)39(36,37)31-18-6-16(10-27-22(18)35)23-30-32-19(11-29-24(32)38-23)15-4-13(8-26-20)7-25-9-15/h1-3,5,11,13,15-16,18,22-23,25,27,30-31,35H,4,6-10,12H2,(H,26,33)(H,28,34). The highest BCUT2D eigenvalue weighted by Gasteiger charge is 2.40. The molecule has 2 aromatic rings. The lowest BCUT2D eigenvalue weighted by molar-refractivity contribution is -0.120. The molecule has 5 heterocycles. The summed E-state index contributed by atoms with van der Waals surface area (Å²) in [7, 11) is -4.05. The molecule has 15 heteroatoms. The van der Waals surface area contributed by atoms with Gasteiger partial charge in [0.15, 0.2) is 5.16 Å². The number of nitrogens with one attached hydrogen (secondary N) is 6. The molecule has 4 aliphatic rings. The van der Waals surface area contributed by atoms with E-state index in [2.05, 4.69) is 36.4 Å². The number of piperidine rings is 2. The summed E-state index contributed by atoms with van der Waals surface area (Å²) in [6.45, 7) is 2.33. The van der Waals surface area contributed by atoms with Gasteiger partial charge in [0.05, 0.1) is 34.7 Å². The van der Waals surface area contributed by atoms with Crippen LogP contribution in [0.5, 0.6) is 0 Å². The summed E-state index contributed by atoms with van der Waals surface area (Å²) in [5.74, 6) is -0.462. The average molecular weight is 577 g/mol. The van der Waals surface area contributed by atoms with Crippen LogP contribution in [0.3, 0.4) is 0 Å². The summed E-state index contributed by atoms with van der Waals surface area (Å²) in [6.07, 6.45) is 2.10. The molecule has 0 spiro atoms. The van der Waals surface area contributed by atoms with E-state index < -0.39 is 28.2 Å². The van der Waals surface area contributed by atoms with Crippen molar-refractivity contribution >= 4 is 33.6 Å². The minimum atomic E-state index is -4.05. The number of aliphatic hydroxyl groups is 1. The summed E-state index contributed by atoms with van der Waals surface area (Å²) in [5.41, 5.74) is 4.73. The maximum Gasteiger partial charge on any atom is 0.251 e. The van der Waals surface area contributed by atoms with Crippen LogP contribution in [-0.2, 0) is 14.8 Å². The monoisotopic (exact) mass is 576 g/mol. The van der Waals surface area contributed by atoms with Crippen LogP contribution in [0.1, 0.15) is 34.8 Å². The largest absolute Gasteiger partial charge is 0.377 e. The smallest absolute Gasteiger partial charge is 0.251 e. The molecule has 6 rings (SSSR count). The van der Waals surface area contributed by atoms with Gasteiger partial charge in [0, 0.05) is 37.0 Å². The lowest BCUT2D eigenvalue weighted by Crippen LogP contribution is -2.57.